The normalized spacial score (nSPS) is 25.2. The summed E-state index contributed by atoms with van der Waals surface area (Å²) in [6, 6.07) is 38.5. The highest BCUT2D eigenvalue weighted by Gasteiger charge is 2.49. The van der Waals surface area contributed by atoms with Gasteiger partial charge in [-0.05, 0) is 40.2 Å². The second-order valence-corrected chi connectivity index (χ2v) is 13.0. The molecule has 8 rings (SSSR count). The molecule has 2 heterocycles. The maximum Gasteiger partial charge on any atom is 0.159 e. The molecule has 45 heavy (non-hydrogen) atoms. The monoisotopic (exact) mass is 599 g/mol. The van der Waals surface area contributed by atoms with Crippen molar-refractivity contribution in [3.8, 4) is 11.1 Å². The maximum absolute atomic E-state index is 5.19. The van der Waals surface area contributed by atoms with Gasteiger partial charge in [-0.3, -0.25) is 0 Å². The van der Waals surface area contributed by atoms with Gasteiger partial charge in [-0.25, -0.2) is 9.98 Å². The molecule has 3 atom stereocenters. The molecule has 1 N–H and O–H groups in total. The third-order valence-corrected chi connectivity index (χ3v) is 10.2. The average Bonchev–Trinajstić information content (AvgIpc) is 3.39. The number of thioether (sulfide) groups is 1. The number of hydrogen-bond acceptors (Lipinski definition) is 4. The Hall–Kier alpha value is -4.93. The van der Waals surface area contributed by atoms with E-state index in [0.29, 0.717) is 0 Å². The Bertz CT molecular complexity index is 1930. The molecule has 3 nitrogen and oxygen atoms in total. The Morgan fingerprint density at radius 1 is 0.733 bits per heavy atom. The van der Waals surface area contributed by atoms with Crippen LogP contribution >= 0.6 is 11.8 Å². The highest BCUT2D eigenvalue weighted by Crippen LogP contribution is 2.57. The van der Waals surface area contributed by atoms with E-state index in [-0.39, 0.29) is 22.7 Å². The van der Waals surface area contributed by atoms with Gasteiger partial charge in [-0.1, -0.05) is 157 Å². The molecule has 2 aliphatic heterocycles. The van der Waals surface area contributed by atoms with Crippen LogP contribution in [0, 0.1) is 5.92 Å². The van der Waals surface area contributed by atoms with Crippen LogP contribution in [0.25, 0.3) is 11.1 Å². The van der Waals surface area contributed by atoms with Crippen LogP contribution in [-0.2, 0) is 5.41 Å². The number of aliphatic imine (C=N–C) groups is 2. The third-order valence-electron chi connectivity index (χ3n) is 9.19. The van der Waals surface area contributed by atoms with Gasteiger partial charge in [0.25, 0.3) is 0 Å². The first kappa shape index (κ1) is 27.6. The van der Waals surface area contributed by atoms with Crippen LogP contribution in [0.5, 0.6) is 0 Å². The predicted octanol–water partition coefficient (Wildman–Crippen LogP) is 9.02. The van der Waals surface area contributed by atoms with E-state index in [2.05, 4.69) is 145 Å². The van der Waals surface area contributed by atoms with Crippen LogP contribution < -0.4 is 5.32 Å². The van der Waals surface area contributed by atoms with Crippen molar-refractivity contribution in [2.75, 3.05) is 0 Å². The molecule has 0 bridgehead atoms. The number of benzene rings is 4. The SMILES string of the molecule is CC1=C/C=C/C2(c3ccccc3-c3ccccc32)C2C=CC(C3N=C(c4ccccc4)N=C(c4ccccc4)N3)=CC2S\C=C\1. The molecule has 4 aliphatic rings. The molecular formula is C41H33N3S. The summed E-state index contributed by atoms with van der Waals surface area (Å²) in [6.45, 7) is 2.17. The van der Waals surface area contributed by atoms with Crippen molar-refractivity contribution in [1.29, 1.82) is 0 Å². The number of rotatable bonds is 3. The second-order valence-electron chi connectivity index (χ2n) is 11.9. The topological polar surface area (TPSA) is 36.8 Å². The molecule has 0 saturated carbocycles. The first-order chi connectivity index (χ1) is 22.2. The Morgan fingerprint density at radius 2 is 1.38 bits per heavy atom. The summed E-state index contributed by atoms with van der Waals surface area (Å²) in [5, 5.41) is 6.11. The van der Waals surface area contributed by atoms with Crippen LogP contribution in [0.4, 0.5) is 0 Å². The molecule has 0 fully saturated rings. The molecule has 0 radical (unpaired) electrons. The van der Waals surface area contributed by atoms with Crippen molar-refractivity contribution in [2.24, 2.45) is 15.9 Å². The quantitative estimate of drug-likeness (QED) is 0.255. The molecule has 218 valence electrons. The molecular weight excluding hydrogens is 567 g/mol. The van der Waals surface area contributed by atoms with Crippen LogP contribution in [-0.4, -0.2) is 23.1 Å². The summed E-state index contributed by atoms with van der Waals surface area (Å²) in [4.78, 5) is 10.2. The summed E-state index contributed by atoms with van der Waals surface area (Å²) >= 11 is 1.89. The van der Waals surface area contributed by atoms with Crippen LogP contribution in [0.3, 0.4) is 0 Å². The lowest BCUT2D eigenvalue weighted by atomic mass is 9.65. The number of nitrogens with zero attached hydrogens (tertiary/aromatic N) is 2. The van der Waals surface area contributed by atoms with Crippen molar-refractivity contribution < 1.29 is 0 Å². The van der Waals surface area contributed by atoms with Gasteiger partial charge in [-0.2, -0.15) is 0 Å². The van der Waals surface area contributed by atoms with E-state index in [9.17, 15) is 0 Å². The molecule has 0 aromatic heterocycles. The molecule has 0 amide bonds. The van der Waals surface area contributed by atoms with Gasteiger partial charge in [0.2, 0.25) is 0 Å². The molecule has 3 unspecified atom stereocenters. The van der Waals surface area contributed by atoms with Gasteiger partial charge in [0.15, 0.2) is 5.84 Å². The lowest BCUT2D eigenvalue weighted by molar-refractivity contribution is 0.477. The van der Waals surface area contributed by atoms with E-state index in [0.717, 1.165) is 28.4 Å². The molecule has 4 heteroatoms. The molecule has 4 aromatic rings. The van der Waals surface area contributed by atoms with Gasteiger partial charge in [0.1, 0.15) is 12.0 Å². The zero-order chi connectivity index (χ0) is 30.2. The number of hydrogen-bond donors (Lipinski definition) is 1. The lowest BCUT2D eigenvalue weighted by Gasteiger charge is -2.41. The van der Waals surface area contributed by atoms with Gasteiger partial charge in [0.05, 0.1) is 0 Å². The van der Waals surface area contributed by atoms with Crippen LogP contribution in [0.1, 0.15) is 29.2 Å². The van der Waals surface area contributed by atoms with Gasteiger partial charge in [0, 0.05) is 27.7 Å². The van der Waals surface area contributed by atoms with Gasteiger partial charge >= 0.3 is 0 Å². The minimum absolute atomic E-state index is 0.173. The highest BCUT2D eigenvalue weighted by atomic mass is 32.2. The Kier molecular flexibility index (Phi) is 7.08. The third kappa shape index (κ3) is 4.86. The molecule has 4 aromatic carbocycles. The highest BCUT2D eigenvalue weighted by molar-refractivity contribution is 8.02. The van der Waals surface area contributed by atoms with Crippen LogP contribution in [0.15, 0.2) is 178 Å². The fourth-order valence-electron chi connectivity index (χ4n) is 7.07. The molecule has 0 saturated heterocycles. The summed E-state index contributed by atoms with van der Waals surface area (Å²) in [5.74, 6) is 1.77. The van der Waals surface area contributed by atoms with E-state index in [1.165, 1.54) is 27.8 Å². The fourth-order valence-corrected chi connectivity index (χ4v) is 8.25. The standard InChI is InChI=1S/C41H33N3S/c1-28-13-12-25-41(34-20-10-8-18-32(34)33-19-9-11-21-35(33)41)36-23-22-31(27-37(36)45-26-24-28)40-43-38(29-14-4-2-5-15-29)42-39(44-40)30-16-6-3-7-17-30/h2-27,36-37,40H,1H3,(H,42,43,44)/b25-12+,26-24+,28-13-. The van der Waals surface area contributed by atoms with Crippen molar-refractivity contribution in [2.45, 2.75) is 23.8 Å². The summed E-state index contributed by atoms with van der Waals surface area (Å²) in [6.07, 6.45) is 16.1. The smallest absolute Gasteiger partial charge is 0.159 e. The number of allylic oxidation sites excluding steroid dienone is 6. The average molecular weight is 600 g/mol. The van der Waals surface area contributed by atoms with E-state index in [4.69, 9.17) is 9.98 Å². The lowest BCUT2D eigenvalue weighted by Crippen LogP contribution is -2.42. The van der Waals surface area contributed by atoms with Crippen molar-refractivity contribution in [3.05, 3.63) is 191 Å². The van der Waals surface area contributed by atoms with Crippen LogP contribution in [0.2, 0.25) is 0 Å². The zero-order valence-electron chi connectivity index (χ0n) is 25.0. The molecule has 1 spiro atoms. The largest absolute Gasteiger partial charge is 0.344 e. The first-order valence-corrected chi connectivity index (χ1v) is 16.5. The van der Waals surface area contributed by atoms with Gasteiger partial charge in [-0.15, -0.1) is 11.8 Å². The minimum Gasteiger partial charge on any atom is -0.344 e. The summed E-state index contributed by atoms with van der Waals surface area (Å²) in [5.41, 5.74) is 9.53. The Labute approximate surface area is 269 Å². The first-order valence-electron chi connectivity index (χ1n) is 15.5. The maximum atomic E-state index is 5.19. The number of nitrogens with one attached hydrogen (secondary N) is 1. The van der Waals surface area contributed by atoms with Gasteiger partial charge < -0.3 is 5.32 Å². The molecule has 2 aliphatic carbocycles. The zero-order valence-corrected chi connectivity index (χ0v) is 25.9. The van der Waals surface area contributed by atoms with Crippen molar-refractivity contribution >= 4 is 23.4 Å². The fraction of sp³-hybridized carbons (Fsp3) is 0.122. The van der Waals surface area contributed by atoms with Crippen molar-refractivity contribution in [1.82, 2.24) is 5.32 Å². The minimum atomic E-state index is -0.305. The predicted molar refractivity (Wildman–Crippen MR) is 190 cm³/mol. The second kappa shape index (κ2) is 11.5. The van der Waals surface area contributed by atoms with E-state index in [1.54, 1.807) is 0 Å². The number of fused-ring (bicyclic) bond motifs is 7. The number of amidine groups is 2. The Morgan fingerprint density at radius 3 is 2.09 bits per heavy atom. The van der Waals surface area contributed by atoms with E-state index >= 15 is 0 Å². The summed E-state index contributed by atoms with van der Waals surface area (Å²) in [7, 11) is 0. The van der Waals surface area contributed by atoms with E-state index < -0.39 is 0 Å². The van der Waals surface area contributed by atoms with E-state index in [1.807, 2.05) is 36.0 Å². The Balaban J connectivity index is 1.25. The summed E-state index contributed by atoms with van der Waals surface area (Å²) < 4.78 is 0. The van der Waals surface area contributed by atoms with Crippen molar-refractivity contribution in [3.63, 3.8) is 0 Å².